The van der Waals surface area contributed by atoms with Crippen molar-refractivity contribution < 1.29 is 0 Å². The van der Waals surface area contributed by atoms with Gasteiger partial charge in [-0.25, -0.2) is 0 Å². The van der Waals surface area contributed by atoms with Crippen LogP contribution in [0.3, 0.4) is 0 Å². The summed E-state index contributed by atoms with van der Waals surface area (Å²) in [5.41, 5.74) is 7.45. The number of hydrogen-bond donors (Lipinski definition) is 1. The van der Waals surface area contributed by atoms with Crippen LogP contribution in [-0.4, -0.2) is 30.1 Å². The smallest absolute Gasteiger partial charge is 0.0339 e. The molecule has 0 radical (unpaired) electrons. The summed E-state index contributed by atoms with van der Waals surface area (Å²) in [7, 11) is 0. The summed E-state index contributed by atoms with van der Waals surface area (Å²) < 4.78 is 0. The molecular formula is C18H36N2. The van der Waals surface area contributed by atoms with E-state index < -0.39 is 0 Å². The summed E-state index contributed by atoms with van der Waals surface area (Å²) in [5.74, 6) is 1.63. The van der Waals surface area contributed by atoms with Gasteiger partial charge >= 0.3 is 0 Å². The second kappa shape index (κ2) is 5.28. The summed E-state index contributed by atoms with van der Waals surface area (Å²) in [5, 5.41) is 0. The quantitative estimate of drug-likeness (QED) is 0.831. The van der Waals surface area contributed by atoms with Crippen molar-refractivity contribution in [2.24, 2.45) is 28.4 Å². The van der Waals surface area contributed by atoms with Gasteiger partial charge in [-0.05, 0) is 54.9 Å². The highest BCUT2D eigenvalue weighted by atomic mass is 15.2. The van der Waals surface area contributed by atoms with Crippen LogP contribution in [0.2, 0.25) is 0 Å². The van der Waals surface area contributed by atoms with E-state index in [-0.39, 0.29) is 5.54 Å². The maximum absolute atomic E-state index is 6.31. The Hall–Kier alpha value is -0.0800. The molecular weight excluding hydrogens is 244 g/mol. The average Bonchev–Trinajstić information content (AvgIpc) is 2.75. The lowest BCUT2D eigenvalue weighted by atomic mass is 9.63. The third kappa shape index (κ3) is 3.22. The molecule has 2 rings (SSSR count). The number of nitrogens with zero attached hydrogens (tertiary/aromatic N) is 1. The molecule has 2 heteroatoms. The van der Waals surface area contributed by atoms with E-state index in [1.165, 1.54) is 38.8 Å². The lowest BCUT2D eigenvalue weighted by Gasteiger charge is -2.52. The van der Waals surface area contributed by atoms with Gasteiger partial charge in [-0.3, -0.25) is 4.90 Å². The molecule has 3 unspecified atom stereocenters. The molecule has 2 aliphatic rings. The van der Waals surface area contributed by atoms with Crippen molar-refractivity contribution in [2.45, 2.75) is 72.8 Å². The minimum atomic E-state index is 0.265. The van der Waals surface area contributed by atoms with Gasteiger partial charge < -0.3 is 5.73 Å². The Morgan fingerprint density at radius 2 is 1.85 bits per heavy atom. The molecule has 3 atom stereocenters. The first kappa shape index (κ1) is 16.3. The zero-order chi connectivity index (χ0) is 15.2. The van der Waals surface area contributed by atoms with Gasteiger partial charge in [0.1, 0.15) is 0 Å². The van der Waals surface area contributed by atoms with Crippen LogP contribution in [0, 0.1) is 22.7 Å². The molecule has 1 aliphatic heterocycles. The minimum absolute atomic E-state index is 0.265. The van der Waals surface area contributed by atoms with Gasteiger partial charge in [-0.1, -0.05) is 41.5 Å². The van der Waals surface area contributed by atoms with Crippen molar-refractivity contribution in [1.29, 1.82) is 0 Å². The molecule has 1 heterocycles. The van der Waals surface area contributed by atoms with Crippen molar-refractivity contribution in [3.63, 3.8) is 0 Å². The largest absolute Gasteiger partial charge is 0.329 e. The molecule has 0 amide bonds. The molecule has 1 aliphatic carbocycles. The first-order chi connectivity index (χ1) is 9.08. The second-order valence-corrected chi connectivity index (χ2v) is 9.58. The standard InChI is InChI=1S/C18H36N2/c1-14-9-17(5,6)12-18(10-14,13-19)20-8-7-15(11-20)16(2,3)4/h14-15H,7-13,19H2,1-6H3. The third-order valence-electron chi connectivity index (χ3n) is 5.90. The second-order valence-electron chi connectivity index (χ2n) is 9.58. The molecule has 0 aromatic carbocycles. The van der Waals surface area contributed by atoms with Crippen LogP contribution in [0.5, 0.6) is 0 Å². The SMILES string of the molecule is CC1CC(C)(C)CC(CN)(N2CCC(C(C)(C)C)C2)C1. The normalized spacial score (nSPS) is 39.1. The lowest BCUT2D eigenvalue weighted by Crippen LogP contribution is -2.58. The van der Waals surface area contributed by atoms with Crippen molar-refractivity contribution in [1.82, 2.24) is 4.90 Å². The van der Waals surface area contributed by atoms with Crippen LogP contribution >= 0.6 is 0 Å². The summed E-state index contributed by atoms with van der Waals surface area (Å²) in [4.78, 5) is 2.76. The Morgan fingerprint density at radius 1 is 1.20 bits per heavy atom. The van der Waals surface area contributed by atoms with Crippen molar-refractivity contribution in [3.8, 4) is 0 Å². The average molecular weight is 280 g/mol. The summed E-state index contributed by atoms with van der Waals surface area (Å²) in [6, 6.07) is 0. The van der Waals surface area contributed by atoms with E-state index in [1.54, 1.807) is 0 Å². The predicted molar refractivity (Wildman–Crippen MR) is 87.7 cm³/mol. The molecule has 0 bridgehead atoms. The van der Waals surface area contributed by atoms with Crippen LogP contribution in [0.1, 0.15) is 67.2 Å². The van der Waals surface area contributed by atoms with E-state index in [0.29, 0.717) is 10.8 Å². The van der Waals surface area contributed by atoms with E-state index in [9.17, 15) is 0 Å². The van der Waals surface area contributed by atoms with Crippen molar-refractivity contribution >= 4 is 0 Å². The predicted octanol–water partition coefficient (Wildman–Crippen LogP) is 3.90. The Bertz CT molecular complexity index is 342. The van der Waals surface area contributed by atoms with E-state index in [0.717, 1.165) is 18.4 Å². The van der Waals surface area contributed by atoms with Crippen LogP contribution in [0.15, 0.2) is 0 Å². The highest BCUT2D eigenvalue weighted by Crippen LogP contribution is 2.48. The van der Waals surface area contributed by atoms with Gasteiger partial charge in [0.2, 0.25) is 0 Å². The zero-order valence-electron chi connectivity index (χ0n) is 14.6. The van der Waals surface area contributed by atoms with E-state index in [4.69, 9.17) is 5.73 Å². The topological polar surface area (TPSA) is 29.3 Å². The van der Waals surface area contributed by atoms with Gasteiger partial charge in [0.05, 0.1) is 0 Å². The fraction of sp³-hybridized carbons (Fsp3) is 1.00. The van der Waals surface area contributed by atoms with Crippen LogP contribution < -0.4 is 5.73 Å². The Balaban J connectivity index is 2.16. The van der Waals surface area contributed by atoms with Crippen LogP contribution in [0.25, 0.3) is 0 Å². The highest BCUT2D eigenvalue weighted by molar-refractivity contribution is 5.03. The Labute approximate surface area is 126 Å². The fourth-order valence-corrected chi connectivity index (χ4v) is 5.12. The zero-order valence-corrected chi connectivity index (χ0v) is 14.6. The van der Waals surface area contributed by atoms with Gasteiger partial charge in [0.15, 0.2) is 0 Å². The molecule has 1 saturated carbocycles. The van der Waals surface area contributed by atoms with E-state index in [1.807, 2.05) is 0 Å². The lowest BCUT2D eigenvalue weighted by molar-refractivity contribution is -0.00297. The molecule has 20 heavy (non-hydrogen) atoms. The van der Waals surface area contributed by atoms with Gasteiger partial charge in [-0.2, -0.15) is 0 Å². The number of likely N-dealkylation sites (tertiary alicyclic amines) is 1. The summed E-state index contributed by atoms with van der Waals surface area (Å²) in [6.45, 7) is 17.8. The maximum Gasteiger partial charge on any atom is 0.0339 e. The van der Waals surface area contributed by atoms with Crippen molar-refractivity contribution in [2.75, 3.05) is 19.6 Å². The molecule has 1 saturated heterocycles. The van der Waals surface area contributed by atoms with Crippen LogP contribution in [0.4, 0.5) is 0 Å². The van der Waals surface area contributed by atoms with Gasteiger partial charge in [0, 0.05) is 18.6 Å². The monoisotopic (exact) mass is 280 g/mol. The highest BCUT2D eigenvalue weighted by Gasteiger charge is 2.48. The van der Waals surface area contributed by atoms with E-state index in [2.05, 4.69) is 46.4 Å². The maximum atomic E-state index is 6.31. The Kier molecular flexibility index (Phi) is 4.30. The molecule has 2 fully saturated rings. The molecule has 0 spiro atoms. The molecule has 2 nitrogen and oxygen atoms in total. The van der Waals surface area contributed by atoms with Gasteiger partial charge in [-0.15, -0.1) is 0 Å². The molecule has 2 N–H and O–H groups in total. The summed E-state index contributed by atoms with van der Waals surface area (Å²) >= 11 is 0. The first-order valence-corrected chi connectivity index (χ1v) is 8.53. The van der Waals surface area contributed by atoms with E-state index >= 15 is 0 Å². The number of nitrogens with two attached hydrogens (primary N) is 1. The Morgan fingerprint density at radius 3 is 2.30 bits per heavy atom. The fourth-order valence-electron chi connectivity index (χ4n) is 5.12. The third-order valence-corrected chi connectivity index (χ3v) is 5.90. The van der Waals surface area contributed by atoms with Gasteiger partial charge in [0.25, 0.3) is 0 Å². The minimum Gasteiger partial charge on any atom is -0.329 e. The first-order valence-electron chi connectivity index (χ1n) is 8.53. The number of rotatable bonds is 2. The molecule has 0 aromatic rings. The molecule has 0 aromatic heterocycles. The number of hydrogen-bond acceptors (Lipinski definition) is 2. The molecule has 118 valence electrons. The van der Waals surface area contributed by atoms with Crippen LogP contribution in [-0.2, 0) is 0 Å². The summed E-state index contributed by atoms with van der Waals surface area (Å²) in [6.07, 6.45) is 5.27. The van der Waals surface area contributed by atoms with Crippen molar-refractivity contribution in [3.05, 3.63) is 0 Å².